The van der Waals surface area contributed by atoms with Gasteiger partial charge in [0.2, 0.25) is 0 Å². The molecule has 2 aromatic rings. The highest BCUT2D eigenvalue weighted by Gasteiger charge is 2.10. The van der Waals surface area contributed by atoms with Crippen molar-refractivity contribution in [1.82, 2.24) is 10.2 Å². The van der Waals surface area contributed by atoms with Crippen molar-refractivity contribution in [3.8, 4) is 0 Å². The van der Waals surface area contributed by atoms with E-state index in [-0.39, 0.29) is 6.04 Å². The summed E-state index contributed by atoms with van der Waals surface area (Å²) in [5, 5.41) is 10.9. The maximum atomic E-state index is 5.94. The molecular formula is C12H14ClN3S. The molecule has 0 saturated carbocycles. The number of benzene rings is 1. The van der Waals surface area contributed by atoms with Crippen LogP contribution in [0.1, 0.15) is 35.0 Å². The summed E-state index contributed by atoms with van der Waals surface area (Å²) in [6, 6.07) is 7.79. The maximum Gasteiger partial charge on any atom is 0.134 e. The third-order valence-corrected chi connectivity index (χ3v) is 3.77. The maximum absolute atomic E-state index is 5.94. The summed E-state index contributed by atoms with van der Waals surface area (Å²) in [6.07, 6.45) is 1.64. The van der Waals surface area contributed by atoms with Gasteiger partial charge in [-0.3, -0.25) is 0 Å². The second-order valence-corrected chi connectivity index (χ2v) is 5.39. The Bertz CT molecular complexity index is 498. The zero-order chi connectivity index (χ0) is 12.3. The molecule has 2 rings (SSSR count). The molecule has 1 aromatic heterocycles. The number of halogens is 1. The molecule has 0 radical (unpaired) electrons. The third kappa shape index (κ3) is 3.25. The van der Waals surface area contributed by atoms with E-state index in [1.54, 1.807) is 11.3 Å². The van der Waals surface area contributed by atoms with Crippen molar-refractivity contribution >= 4 is 22.9 Å². The van der Waals surface area contributed by atoms with Gasteiger partial charge in [0.05, 0.1) is 6.04 Å². The SMILES string of the molecule is CCC(N)c1nnc(Cc2cccc(Cl)c2)s1. The molecular weight excluding hydrogens is 254 g/mol. The first kappa shape index (κ1) is 12.5. The van der Waals surface area contributed by atoms with Crippen molar-refractivity contribution in [2.75, 3.05) is 0 Å². The molecule has 0 bridgehead atoms. The minimum absolute atomic E-state index is 0.000566. The quantitative estimate of drug-likeness (QED) is 0.926. The minimum Gasteiger partial charge on any atom is -0.322 e. The summed E-state index contributed by atoms with van der Waals surface area (Å²) in [4.78, 5) is 0. The lowest BCUT2D eigenvalue weighted by Crippen LogP contribution is -2.07. The second kappa shape index (κ2) is 5.58. The first-order valence-corrected chi connectivity index (χ1v) is 6.70. The monoisotopic (exact) mass is 267 g/mol. The normalized spacial score (nSPS) is 12.6. The Morgan fingerprint density at radius 1 is 1.41 bits per heavy atom. The Morgan fingerprint density at radius 2 is 2.24 bits per heavy atom. The molecule has 0 amide bonds. The average Bonchev–Trinajstić information content (AvgIpc) is 2.76. The molecule has 0 spiro atoms. The number of hydrogen-bond acceptors (Lipinski definition) is 4. The van der Waals surface area contributed by atoms with E-state index in [1.807, 2.05) is 31.2 Å². The van der Waals surface area contributed by atoms with E-state index in [0.29, 0.717) is 0 Å². The molecule has 1 atom stereocenters. The largest absolute Gasteiger partial charge is 0.322 e. The average molecular weight is 268 g/mol. The molecule has 1 aromatic carbocycles. The zero-order valence-electron chi connectivity index (χ0n) is 9.56. The van der Waals surface area contributed by atoms with Crippen molar-refractivity contribution in [3.63, 3.8) is 0 Å². The molecule has 17 heavy (non-hydrogen) atoms. The fourth-order valence-electron chi connectivity index (χ4n) is 1.48. The molecule has 0 aliphatic carbocycles. The standard InChI is InChI=1S/C12H14ClN3S/c1-2-10(14)12-16-15-11(17-12)7-8-4-3-5-9(13)6-8/h3-6,10H,2,7,14H2,1H3. The highest BCUT2D eigenvalue weighted by atomic mass is 35.5. The predicted molar refractivity (Wildman–Crippen MR) is 71.4 cm³/mol. The van der Waals surface area contributed by atoms with Crippen molar-refractivity contribution in [1.29, 1.82) is 0 Å². The van der Waals surface area contributed by atoms with Crippen LogP contribution in [0.3, 0.4) is 0 Å². The molecule has 90 valence electrons. The number of rotatable bonds is 4. The first-order valence-electron chi connectivity index (χ1n) is 5.51. The predicted octanol–water partition coefficient (Wildman–Crippen LogP) is 3.19. The van der Waals surface area contributed by atoms with Gasteiger partial charge in [0.15, 0.2) is 0 Å². The lowest BCUT2D eigenvalue weighted by Gasteiger charge is -2.01. The molecule has 2 N–H and O–H groups in total. The highest BCUT2D eigenvalue weighted by Crippen LogP contribution is 2.21. The van der Waals surface area contributed by atoms with Crippen molar-refractivity contribution < 1.29 is 0 Å². The Kier molecular flexibility index (Phi) is 4.10. The summed E-state index contributed by atoms with van der Waals surface area (Å²) in [7, 11) is 0. The fraction of sp³-hybridized carbons (Fsp3) is 0.333. The summed E-state index contributed by atoms with van der Waals surface area (Å²) >= 11 is 7.51. The minimum atomic E-state index is 0.000566. The van der Waals surface area contributed by atoms with Crippen LogP contribution in [-0.2, 0) is 6.42 Å². The molecule has 3 nitrogen and oxygen atoms in total. The second-order valence-electron chi connectivity index (χ2n) is 3.86. The number of aromatic nitrogens is 2. The highest BCUT2D eigenvalue weighted by molar-refractivity contribution is 7.11. The van der Waals surface area contributed by atoms with Gasteiger partial charge in [-0.2, -0.15) is 0 Å². The Balaban J connectivity index is 2.11. The Labute approximate surface area is 110 Å². The van der Waals surface area contributed by atoms with Crippen LogP contribution >= 0.6 is 22.9 Å². The fourth-order valence-corrected chi connectivity index (χ4v) is 2.66. The molecule has 1 heterocycles. The van der Waals surface area contributed by atoms with E-state index in [1.165, 1.54) is 0 Å². The van der Waals surface area contributed by atoms with Crippen LogP contribution in [0.4, 0.5) is 0 Å². The summed E-state index contributed by atoms with van der Waals surface area (Å²) < 4.78 is 0. The van der Waals surface area contributed by atoms with Gasteiger partial charge in [-0.05, 0) is 24.1 Å². The van der Waals surface area contributed by atoms with E-state index >= 15 is 0 Å². The molecule has 1 unspecified atom stereocenters. The number of hydrogen-bond donors (Lipinski definition) is 1. The van der Waals surface area contributed by atoms with Crippen LogP contribution in [0.2, 0.25) is 5.02 Å². The lowest BCUT2D eigenvalue weighted by molar-refractivity contribution is 0.682. The van der Waals surface area contributed by atoms with Gasteiger partial charge in [-0.25, -0.2) is 0 Å². The van der Waals surface area contributed by atoms with Crippen molar-refractivity contribution in [2.24, 2.45) is 5.73 Å². The smallest absolute Gasteiger partial charge is 0.134 e. The Morgan fingerprint density at radius 3 is 2.94 bits per heavy atom. The van der Waals surface area contributed by atoms with E-state index in [9.17, 15) is 0 Å². The van der Waals surface area contributed by atoms with Crippen LogP contribution in [-0.4, -0.2) is 10.2 Å². The zero-order valence-corrected chi connectivity index (χ0v) is 11.1. The summed E-state index contributed by atoms with van der Waals surface area (Å²) in [5.74, 6) is 0. The van der Waals surface area contributed by atoms with E-state index in [0.717, 1.165) is 33.4 Å². The van der Waals surface area contributed by atoms with Gasteiger partial charge in [0.25, 0.3) is 0 Å². The van der Waals surface area contributed by atoms with Crippen LogP contribution < -0.4 is 5.73 Å². The summed E-state index contributed by atoms with van der Waals surface area (Å²) in [5.41, 5.74) is 7.06. The molecule has 5 heteroatoms. The van der Waals surface area contributed by atoms with Crippen molar-refractivity contribution in [2.45, 2.75) is 25.8 Å². The van der Waals surface area contributed by atoms with Crippen LogP contribution in [0, 0.1) is 0 Å². The Hall–Kier alpha value is -0.970. The van der Waals surface area contributed by atoms with Crippen LogP contribution in [0.25, 0.3) is 0 Å². The third-order valence-electron chi connectivity index (χ3n) is 2.48. The van der Waals surface area contributed by atoms with Crippen LogP contribution in [0.5, 0.6) is 0 Å². The first-order chi connectivity index (χ1) is 8.19. The van der Waals surface area contributed by atoms with E-state index < -0.39 is 0 Å². The molecule has 0 aliphatic heterocycles. The van der Waals surface area contributed by atoms with Gasteiger partial charge in [-0.15, -0.1) is 10.2 Å². The van der Waals surface area contributed by atoms with Gasteiger partial charge < -0.3 is 5.73 Å². The van der Waals surface area contributed by atoms with E-state index in [2.05, 4.69) is 10.2 Å². The van der Waals surface area contributed by atoms with Gasteiger partial charge in [0.1, 0.15) is 10.0 Å². The van der Waals surface area contributed by atoms with Gasteiger partial charge in [0, 0.05) is 11.4 Å². The van der Waals surface area contributed by atoms with E-state index in [4.69, 9.17) is 17.3 Å². The van der Waals surface area contributed by atoms with Crippen molar-refractivity contribution in [3.05, 3.63) is 44.9 Å². The molecule has 0 saturated heterocycles. The number of nitrogens with zero attached hydrogens (tertiary/aromatic N) is 2. The molecule has 0 aliphatic rings. The molecule has 0 fully saturated rings. The van der Waals surface area contributed by atoms with Gasteiger partial charge in [-0.1, -0.05) is 42.0 Å². The lowest BCUT2D eigenvalue weighted by atomic mass is 10.2. The summed E-state index contributed by atoms with van der Waals surface area (Å²) in [6.45, 7) is 2.04. The van der Waals surface area contributed by atoms with Gasteiger partial charge >= 0.3 is 0 Å². The number of nitrogens with two attached hydrogens (primary N) is 1. The topological polar surface area (TPSA) is 51.8 Å². The van der Waals surface area contributed by atoms with Crippen LogP contribution in [0.15, 0.2) is 24.3 Å².